The topological polar surface area (TPSA) is 32.3 Å². The van der Waals surface area contributed by atoms with Crippen LogP contribution in [0.3, 0.4) is 0 Å². The Morgan fingerprint density at radius 1 is 1.65 bits per heavy atom. The van der Waals surface area contributed by atoms with E-state index in [1.807, 2.05) is 11.9 Å². The van der Waals surface area contributed by atoms with Crippen LogP contribution in [-0.2, 0) is 0 Å². The van der Waals surface area contributed by atoms with E-state index in [2.05, 4.69) is 5.32 Å². The molecule has 0 aliphatic carbocycles. The largest absolute Gasteiger partial charge is 0.338 e. The van der Waals surface area contributed by atoms with E-state index in [-0.39, 0.29) is 5.91 Å². The lowest BCUT2D eigenvalue weighted by Gasteiger charge is -2.16. The summed E-state index contributed by atoms with van der Waals surface area (Å²) in [4.78, 5) is 14.1. The van der Waals surface area contributed by atoms with Crippen LogP contribution in [0.25, 0.3) is 0 Å². The number of carbonyl (C=O) groups excluding carboxylic acids is 1. The molecule has 1 aliphatic rings. The van der Waals surface area contributed by atoms with Crippen molar-refractivity contribution in [2.45, 2.75) is 6.42 Å². The number of thiophene rings is 1. The van der Waals surface area contributed by atoms with Crippen molar-refractivity contribution >= 4 is 40.4 Å². The minimum Gasteiger partial charge on any atom is -0.338 e. The van der Waals surface area contributed by atoms with Crippen LogP contribution in [0.2, 0.25) is 8.67 Å². The van der Waals surface area contributed by atoms with Gasteiger partial charge in [-0.1, -0.05) is 23.2 Å². The average molecular weight is 293 g/mol. The van der Waals surface area contributed by atoms with E-state index in [9.17, 15) is 4.79 Å². The monoisotopic (exact) mass is 292 g/mol. The first-order valence-corrected chi connectivity index (χ1v) is 7.07. The van der Waals surface area contributed by atoms with Crippen LogP contribution in [0, 0.1) is 5.92 Å². The fourth-order valence-corrected chi connectivity index (χ4v) is 3.58. The Bertz CT molecular complexity index is 422. The Labute approximate surface area is 115 Å². The van der Waals surface area contributed by atoms with Gasteiger partial charge in [0.05, 0.1) is 9.90 Å². The molecule has 0 spiro atoms. The number of nitrogens with one attached hydrogen (secondary N) is 1. The van der Waals surface area contributed by atoms with E-state index in [0.29, 0.717) is 20.2 Å². The van der Waals surface area contributed by atoms with E-state index in [1.165, 1.54) is 11.3 Å². The molecule has 1 aromatic rings. The summed E-state index contributed by atoms with van der Waals surface area (Å²) in [6.07, 6.45) is 1.04. The molecule has 1 amide bonds. The van der Waals surface area contributed by atoms with Crippen LogP contribution in [0.15, 0.2) is 6.07 Å². The third-order valence-corrected chi connectivity index (χ3v) is 4.44. The first-order chi connectivity index (χ1) is 8.11. The third kappa shape index (κ3) is 2.94. The lowest BCUT2D eigenvalue weighted by atomic mass is 10.1. The maximum Gasteiger partial charge on any atom is 0.256 e. The number of hydrogen-bond acceptors (Lipinski definition) is 3. The standard InChI is InChI=1S/C11H14Cl2N2OS/c1-14-5-7-2-3-15(6-7)11(16)8-4-9(12)17-10(8)13/h4,7,14H,2-3,5-6H2,1H3/t7-/m0/s1. The van der Waals surface area contributed by atoms with Gasteiger partial charge in [0.2, 0.25) is 0 Å². The normalized spacial score (nSPS) is 19.9. The zero-order chi connectivity index (χ0) is 12.4. The maximum atomic E-state index is 12.2. The van der Waals surface area contributed by atoms with Gasteiger partial charge in [0.1, 0.15) is 4.34 Å². The Balaban J connectivity index is 2.04. The van der Waals surface area contributed by atoms with Crippen LogP contribution in [0.5, 0.6) is 0 Å². The minimum atomic E-state index is -0.00301. The predicted molar refractivity (Wildman–Crippen MR) is 72.3 cm³/mol. The van der Waals surface area contributed by atoms with Gasteiger partial charge in [0, 0.05) is 13.1 Å². The lowest BCUT2D eigenvalue weighted by Crippen LogP contribution is -2.30. The zero-order valence-corrected chi connectivity index (χ0v) is 11.8. The van der Waals surface area contributed by atoms with E-state index in [0.717, 1.165) is 26.1 Å². The molecule has 0 aromatic carbocycles. The van der Waals surface area contributed by atoms with Gasteiger partial charge in [-0.2, -0.15) is 0 Å². The Hall–Kier alpha value is -0.290. The second kappa shape index (κ2) is 5.57. The van der Waals surface area contributed by atoms with Crippen LogP contribution in [0.1, 0.15) is 16.8 Å². The molecular weight excluding hydrogens is 279 g/mol. The summed E-state index contributed by atoms with van der Waals surface area (Å²) in [6.45, 7) is 2.54. The van der Waals surface area contributed by atoms with Gasteiger partial charge in [-0.15, -0.1) is 11.3 Å². The molecule has 1 aromatic heterocycles. The molecule has 2 rings (SSSR count). The van der Waals surface area contributed by atoms with Gasteiger partial charge in [-0.25, -0.2) is 0 Å². The van der Waals surface area contributed by atoms with E-state index in [1.54, 1.807) is 6.07 Å². The zero-order valence-electron chi connectivity index (χ0n) is 9.50. The minimum absolute atomic E-state index is 0.00301. The Kier molecular flexibility index (Phi) is 4.31. The summed E-state index contributed by atoms with van der Waals surface area (Å²) in [6, 6.07) is 1.66. The van der Waals surface area contributed by atoms with Crippen molar-refractivity contribution < 1.29 is 4.79 Å². The molecule has 6 heteroatoms. The summed E-state index contributed by atoms with van der Waals surface area (Å²) < 4.78 is 1.04. The number of carbonyl (C=O) groups is 1. The molecule has 1 aliphatic heterocycles. The second-order valence-corrected chi connectivity index (χ2v) is 6.49. The molecule has 1 atom stereocenters. The van der Waals surface area contributed by atoms with Crippen molar-refractivity contribution in [2.75, 3.05) is 26.7 Å². The van der Waals surface area contributed by atoms with Crippen LogP contribution in [0.4, 0.5) is 0 Å². The van der Waals surface area contributed by atoms with Gasteiger partial charge in [0.25, 0.3) is 5.91 Å². The molecule has 1 saturated heterocycles. The fourth-order valence-electron chi connectivity index (χ4n) is 2.13. The van der Waals surface area contributed by atoms with Crippen molar-refractivity contribution in [1.82, 2.24) is 10.2 Å². The van der Waals surface area contributed by atoms with Crippen molar-refractivity contribution in [3.8, 4) is 0 Å². The van der Waals surface area contributed by atoms with Crippen LogP contribution < -0.4 is 5.32 Å². The number of halogens is 2. The number of likely N-dealkylation sites (tertiary alicyclic amines) is 1. The molecule has 1 fully saturated rings. The highest BCUT2D eigenvalue weighted by Gasteiger charge is 2.28. The van der Waals surface area contributed by atoms with Gasteiger partial charge in [0.15, 0.2) is 0 Å². The molecule has 0 saturated carbocycles. The number of amides is 1. The summed E-state index contributed by atoms with van der Waals surface area (Å²) in [7, 11) is 1.93. The highest BCUT2D eigenvalue weighted by molar-refractivity contribution is 7.20. The summed E-state index contributed by atoms with van der Waals surface area (Å²) in [5, 5.41) is 3.14. The highest BCUT2D eigenvalue weighted by atomic mass is 35.5. The average Bonchev–Trinajstić information content (AvgIpc) is 2.85. The molecular formula is C11H14Cl2N2OS. The van der Waals surface area contributed by atoms with Crippen molar-refractivity contribution in [3.05, 3.63) is 20.3 Å². The van der Waals surface area contributed by atoms with Gasteiger partial charge < -0.3 is 10.2 Å². The molecule has 0 unspecified atom stereocenters. The van der Waals surface area contributed by atoms with Gasteiger partial charge >= 0.3 is 0 Å². The van der Waals surface area contributed by atoms with Crippen molar-refractivity contribution in [1.29, 1.82) is 0 Å². The molecule has 2 heterocycles. The number of rotatable bonds is 3. The highest BCUT2D eigenvalue weighted by Crippen LogP contribution is 2.32. The quantitative estimate of drug-likeness (QED) is 0.929. The molecule has 3 nitrogen and oxygen atoms in total. The predicted octanol–water partition coefficient (Wildman–Crippen LogP) is 2.74. The van der Waals surface area contributed by atoms with E-state index < -0.39 is 0 Å². The molecule has 1 N–H and O–H groups in total. The van der Waals surface area contributed by atoms with E-state index in [4.69, 9.17) is 23.2 Å². The van der Waals surface area contributed by atoms with Crippen LogP contribution in [-0.4, -0.2) is 37.5 Å². The Morgan fingerprint density at radius 2 is 2.41 bits per heavy atom. The number of nitrogens with zero attached hydrogens (tertiary/aromatic N) is 1. The SMILES string of the molecule is CNC[C@@H]1CCN(C(=O)c2cc(Cl)sc2Cl)C1. The second-order valence-electron chi connectivity index (χ2n) is 4.20. The fraction of sp³-hybridized carbons (Fsp3) is 0.545. The van der Waals surface area contributed by atoms with Crippen LogP contribution >= 0.6 is 34.5 Å². The van der Waals surface area contributed by atoms with Gasteiger partial charge in [-0.05, 0) is 32.0 Å². The smallest absolute Gasteiger partial charge is 0.256 e. The summed E-state index contributed by atoms with van der Waals surface area (Å²) >= 11 is 13.1. The van der Waals surface area contributed by atoms with Gasteiger partial charge in [-0.3, -0.25) is 4.79 Å². The van der Waals surface area contributed by atoms with Crippen molar-refractivity contribution in [3.63, 3.8) is 0 Å². The molecule has 0 bridgehead atoms. The lowest BCUT2D eigenvalue weighted by molar-refractivity contribution is 0.0788. The maximum absolute atomic E-state index is 12.2. The first kappa shape index (κ1) is 13.1. The van der Waals surface area contributed by atoms with Crippen molar-refractivity contribution in [2.24, 2.45) is 5.92 Å². The molecule has 17 heavy (non-hydrogen) atoms. The third-order valence-electron chi connectivity index (χ3n) is 2.95. The van der Waals surface area contributed by atoms with E-state index >= 15 is 0 Å². The summed E-state index contributed by atoms with van der Waals surface area (Å²) in [5.41, 5.74) is 0.534. The molecule has 0 radical (unpaired) electrons. The summed E-state index contributed by atoms with van der Waals surface area (Å²) in [5.74, 6) is 0.536. The Morgan fingerprint density at radius 3 is 3.00 bits per heavy atom. The number of hydrogen-bond donors (Lipinski definition) is 1. The first-order valence-electron chi connectivity index (χ1n) is 5.50. The molecule has 94 valence electrons.